The zero-order valence-electron chi connectivity index (χ0n) is 8.18. The Morgan fingerprint density at radius 3 is 3.14 bits per heavy atom. The summed E-state index contributed by atoms with van der Waals surface area (Å²) in [5, 5.41) is 2.96. The fourth-order valence-corrected chi connectivity index (χ4v) is 1.78. The van der Waals surface area contributed by atoms with Gasteiger partial charge in [-0.15, -0.1) is 11.3 Å². The summed E-state index contributed by atoms with van der Waals surface area (Å²) < 4.78 is 0. The van der Waals surface area contributed by atoms with Gasteiger partial charge < -0.3 is 10.6 Å². The van der Waals surface area contributed by atoms with Gasteiger partial charge in [0.05, 0.1) is 6.54 Å². The second-order valence-corrected chi connectivity index (χ2v) is 4.42. The molecule has 1 aliphatic carbocycles. The molecule has 2 rings (SSSR count). The predicted octanol–water partition coefficient (Wildman–Crippen LogP) is 1.05. The molecule has 1 aromatic rings. The normalized spacial score (nSPS) is 17.1. The molecule has 0 aromatic carbocycles. The molecule has 76 valence electrons. The van der Waals surface area contributed by atoms with Crippen LogP contribution < -0.4 is 5.73 Å². The van der Waals surface area contributed by atoms with Crippen LogP contribution >= 0.6 is 11.3 Å². The number of guanidine groups is 1. The van der Waals surface area contributed by atoms with Gasteiger partial charge in [0, 0.05) is 24.7 Å². The topological polar surface area (TPSA) is 54.5 Å². The van der Waals surface area contributed by atoms with Crippen LogP contribution in [0.15, 0.2) is 16.6 Å². The molecule has 0 unspecified atom stereocenters. The van der Waals surface area contributed by atoms with Crippen LogP contribution in [0.1, 0.15) is 17.8 Å². The first-order chi connectivity index (χ1) is 6.77. The van der Waals surface area contributed by atoms with Crippen molar-refractivity contribution in [1.82, 2.24) is 9.88 Å². The standard InChI is InChI=1S/C9H14N4S/c1-13(7-2-3-7)9(10)12-6-8-11-4-5-14-8/h4-5,7H,2-3,6H2,1H3,(H2,10,12). The van der Waals surface area contributed by atoms with Gasteiger partial charge in [-0.1, -0.05) is 0 Å². The van der Waals surface area contributed by atoms with Crippen molar-refractivity contribution in [2.45, 2.75) is 25.4 Å². The van der Waals surface area contributed by atoms with Crippen LogP contribution in [0.4, 0.5) is 0 Å². The Bertz CT molecular complexity index is 316. The molecule has 0 radical (unpaired) electrons. The van der Waals surface area contributed by atoms with Gasteiger partial charge in [-0.3, -0.25) is 0 Å². The number of nitrogens with zero attached hydrogens (tertiary/aromatic N) is 3. The molecule has 14 heavy (non-hydrogen) atoms. The highest BCUT2D eigenvalue weighted by atomic mass is 32.1. The van der Waals surface area contributed by atoms with Gasteiger partial charge in [0.15, 0.2) is 5.96 Å². The number of aromatic nitrogens is 1. The zero-order valence-corrected chi connectivity index (χ0v) is 9.00. The Kier molecular flexibility index (Phi) is 2.67. The summed E-state index contributed by atoms with van der Waals surface area (Å²) in [6, 6.07) is 0.620. The van der Waals surface area contributed by atoms with Crippen molar-refractivity contribution < 1.29 is 0 Å². The van der Waals surface area contributed by atoms with Gasteiger partial charge in [-0.25, -0.2) is 9.98 Å². The van der Waals surface area contributed by atoms with Crippen molar-refractivity contribution in [3.8, 4) is 0 Å². The van der Waals surface area contributed by atoms with Gasteiger partial charge in [-0.2, -0.15) is 0 Å². The molecule has 1 aliphatic rings. The van der Waals surface area contributed by atoms with Crippen molar-refractivity contribution in [3.05, 3.63) is 16.6 Å². The van der Waals surface area contributed by atoms with Crippen LogP contribution in [0.5, 0.6) is 0 Å². The van der Waals surface area contributed by atoms with Crippen LogP contribution in [0.25, 0.3) is 0 Å². The molecule has 0 bridgehead atoms. The molecule has 0 spiro atoms. The Hall–Kier alpha value is -1.10. The minimum atomic E-state index is 0.598. The van der Waals surface area contributed by atoms with E-state index < -0.39 is 0 Å². The third-order valence-electron chi connectivity index (χ3n) is 2.32. The Morgan fingerprint density at radius 1 is 1.79 bits per heavy atom. The lowest BCUT2D eigenvalue weighted by molar-refractivity contribution is 0.487. The number of aliphatic imine (C=N–C) groups is 1. The second kappa shape index (κ2) is 3.96. The summed E-state index contributed by atoms with van der Waals surface area (Å²) in [6.45, 7) is 0.598. The van der Waals surface area contributed by atoms with Gasteiger partial charge >= 0.3 is 0 Å². The van der Waals surface area contributed by atoms with Gasteiger partial charge in [0.2, 0.25) is 0 Å². The van der Waals surface area contributed by atoms with Crippen LogP contribution in [0.2, 0.25) is 0 Å². The Morgan fingerprint density at radius 2 is 2.57 bits per heavy atom. The SMILES string of the molecule is CN(C(N)=NCc1nccs1)C1CC1. The van der Waals surface area contributed by atoms with Crippen LogP contribution in [0, 0.1) is 0 Å². The minimum absolute atomic E-state index is 0.598. The molecule has 1 heterocycles. The highest BCUT2D eigenvalue weighted by molar-refractivity contribution is 7.09. The average molecular weight is 210 g/mol. The monoisotopic (exact) mass is 210 g/mol. The Labute approximate surface area is 87.5 Å². The molecule has 0 aliphatic heterocycles. The lowest BCUT2D eigenvalue weighted by Crippen LogP contribution is -2.35. The first kappa shape index (κ1) is 9.45. The van der Waals surface area contributed by atoms with E-state index >= 15 is 0 Å². The quantitative estimate of drug-likeness (QED) is 0.599. The molecule has 0 saturated heterocycles. The van der Waals surface area contributed by atoms with E-state index in [4.69, 9.17) is 5.73 Å². The molecule has 1 saturated carbocycles. The molecular weight excluding hydrogens is 196 g/mol. The largest absolute Gasteiger partial charge is 0.370 e. The van der Waals surface area contributed by atoms with E-state index in [0.717, 1.165) is 5.01 Å². The third-order valence-corrected chi connectivity index (χ3v) is 3.08. The van der Waals surface area contributed by atoms with Crippen LogP contribution in [0.3, 0.4) is 0 Å². The van der Waals surface area contributed by atoms with Crippen molar-refractivity contribution >= 4 is 17.3 Å². The van der Waals surface area contributed by atoms with Crippen molar-refractivity contribution in [3.63, 3.8) is 0 Å². The fraction of sp³-hybridized carbons (Fsp3) is 0.556. The number of hydrogen-bond donors (Lipinski definition) is 1. The molecule has 1 fully saturated rings. The molecule has 1 aromatic heterocycles. The van der Waals surface area contributed by atoms with Gasteiger partial charge in [0.1, 0.15) is 5.01 Å². The maximum absolute atomic E-state index is 5.83. The lowest BCUT2D eigenvalue weighted by atomic mass is 10.6. The van der Waals surface area contributed by atoms with E-state index in [9.17, 15) is 0 Å². The maximum Gasteiger partial charge on any atom is 0.191 e. The van der Waals surface area contributed by atoms with E-state index in [2.05, 4.69) is 9.98 Å². The van der Waals surface area contributed by atoms with Crippen LogP contribution in [-0.2, 0) is 6.54 Å². The maximum atomic E-state index is 5.83. The Balaban J connectivity index is 1.90. The third kappa shape index (κ3) is 2.23. The summed E-state index contributed by atoms with van der Waals surface area (Å²) >= 11 is 1.61. The van der Waals surface area contributed by atoms with Gasteiger partial charge in [-0.05, 0) is 12.8 Å². The average Bonchev–Trinajstić information content (AvgIpc) is 2.91. The van der Waals surface area contributed by atoms with E-state index in [1.54, 1.807) is 17.5 Å². The van der Waals surface area contributed by atoms with Crippen molar-refractivity contribution in [1.29, 1.82) is 0 Å². The summed E-state index contributed by atoms with van der Waals surface area (Å²) in [4.78, 5) is 10.5. The fourth-order valence-electron chi connectivity index (χ4n) is 1.24. The lowest BCUT2D eigenvalue weighted by Gasteiger charge is -2.16. The number of rotatable bonds is 3. The number of nitrogens with two attached hydrogens (primary N) is 1. The molecular formula is C9H14N4S. The highest BCUT2D eigenvalue weighted by Crippen LogP contribution is 2.24. The molecule has 0 amide bonds. The first-order valence-electron chi connectivity index (χ1n) is 4.68. The van der Waals surface area contributed by atoms with E-state index in [-0.39, 0.29) is 0 Å². The van der Waals surface area contributed by atoms with Gasteiger partial charge in [0.25, 0.3) is 0 Å². The van der Waals surface area contributed by atoms with Crippen LogP contribution in [-0.4, -0.2) is 28.9 Å². The predicted molar refractivity (Wildman–Crippen MR) is 58.2 cm³/mol. The van der Waals surface area contributed by atoms with E-state index in [0.29, 0.717) is 18.5 Å². The summed E-state index contributed by atoms with van der Waals surface area (Å²) in [5.41, 5.74) is 5.83. The summed E-state index contributed by atoms with van der Waals surface area (Å²) in [6.07, 6.45) is 4.27. The molecule has 2 N–H and O–H groups in total. The first-order valence-corrected chi connectivity index (χ1v) is 5.56. The molecule has 0 atom stereocenters. The summed E-state index contributed by atoms with van der Waals surface area (Å²) in [7, 11) is 2.00. The number of thiazole rings is 1. The molecule has 5 heteroatoms. The van der Waals surface area contributed by atoms with E-state index in [1.807, 2.05) is 17.3 Å². The summed E-state index contributed by atoms with van der Waals surface area (Å²) in [5.74, 6) is 0.628. The zero-order chi connectivity index (χ0) is 9.97. The van der Waals surface area contributed by atoms with E-state index in [1.165, 1.54) is 12.8 Å². The second-order valence-electron chi connectivity index (χ2n) is 3.44. The smallest absolute Gasteiger partial charge is 0.191 e. The molecule has 4 nitrogen and oxygen atoms in total. The minimum Gasteiger partial charge on any atom is -0.370 e. The highest BCUT2D eigenvalue weighted by Gasteiger charge is 2.27. The number of hydrogen-bond acceptors (Lipinski definition) is 3. The van der Waals surface area contributed by atoms with Crippen molar-refractivity contribution in [2.24, 2.45) is 10.7 Å². The van der Waals surface area contributed by atoms with Crippen molar-refractivity contribution in [2.75, 3.05) is 7.05 Å².